The van der Waals surface area contributed by atoms with Gasteiger partial charge in [0.05, 0.1) is 24.4 Å². The number of hydrogen-bond donors (Lipinski definition) is 1. The van der Waals surface area contributed by atoms with E-state index in [-0.39, 0.29) is 23.9 Å². The summed E-state index contributed by atoms with van der Waals surface area (Å²) < 4.78 is 22.1. The van der Waals surface area contributed by atoms with Crippen molar-refractivity contribution in [1.29, 1.82) is 0 Å². The first kappa shape index (κ1) is 21.9. The van der Waals surface area contributed by atoms with Crippen molar-refractivity contribution in [3.05, 3.63) is 82.6 Å². The van der Waals surface area contributed by atoms with E-state index < -0.39 is 0 Å². The van der Waals surface area contributed by atoms with Crippen molar-refractivity contribution in [2.45, 2.75) is 0 Å². The summed E-state index contributed by atoms with van der Waals surface area (Å²) in [5.41, 5.74) is 1.78. The van der Waals surface area contributed by atoms with Crippen molar-refractivity contribution >= 4 is 39.8 Å². The second-order valence-electron chi connectivity index (χ2n) is 7.62. The van der Waals surface area contributed by atoms with Gasteiger partial charge in [0.1, 0.15) is 24.5 Å². The Morgan fingerprint density at radius 3 is 2.53 bits per heavy atom. The van der Waals surface area contributed by atoms with Gasteiger partial charge in [0.15, 0.2) is 23.0 Å². The van der Waals surface area contributed by atoms with Crippen LogP contribution in [-0.2, 0) is 0 Å². The van der Waals surface area contributed by atoms with Gasteiger partial charge in [-0.1, -0.05) is 23.7 Å². The molecule has 7 nitrogen and oxygen atoms in total. The number of carbonyl (C=O) groups excluding carboxylic acids is 2. The van der Waals surface area contributed by atoms with Gasteiger partial charge in [-0.2, -0.15) is 0 Å². The van der Waals surface area contributed by atoms with Crippen molar-refractivity contribution in [2.75, 3.05) is 32.2 Å². The molecule has 172 valence electrons. The Labute approximate surface area is 200 Å². The first-order chi connectivity index (χ1) is 16.5. The predicted molar refractivity (Wildman–Crippen MR) is 128 cm³/mol. The Bertz CT molecular complexity index is 1410. The number of halogens is 1. The van der Waals surface area contributed by atoms with E-state index in [9.17, 15) is 9.59 Å². The number of Topliss-reactive ketones (excluding diaryl/α,β-unsaturated/α-hetero) is 1. The normalized spacial score (nSPS) is 12.4. The van der Waals surface area contributed by atoms with Crippen LogP contribution in [0.2, 0.25) is 5.02 Å². The lowest BCUT2D eigenvalue weighted by molar-refractivity contribution is 0.0996. The van der Waals surface area contributed by atoms with E-state index in [1.54, 1.807) is 36.4 Å². The summed E-state index contributed by atoms with van der Waals surface area (Å²) in [6, 6.07) is 17.1. The zero-order valence-electron chi connectivity index (χ0n) is 18.2. The first-order valence-corrected chi connectivity index (χ1v) is 11.0. The highest BCUT2D eigenvalue weighted by Crippen LogP contribution is 2.34. The first-order valence-electron chi connectivity index (χ1n) is 10.6. The molecule has 34 heavy (non-hydrogen) atoms. The standard InChI is InChI=1S/C26H20ClNO6/c1-31-21-8-7-16(12-18(21)27)25(30)26-24(17-4-2-3-5-20(17)34-26)28-14-19(29)15-6-9-22-23(13-15)33-11-10-32-22/h2-9,12-13,28H,10-11,14H2,1H3. The maximum absolute atomic E-state index is 13.3. The summed E-state index contributed by atoms with van der Waals surface area (Å²) in [4.78, 5) is 26.2. The molecule has 0 fully saturated rings. The fourth-order valence-electron chi connectivity index (χ4n) is 3.81. The number of hydrogen-bond acceptors (Lipinski definition) is 7. The Kier molecular flexibility index (Phi) is 5.86. The lowest BCUT2D eigenvalue weighted by Gasteiger charge is -2.18. The van der Waals surface area contributed by atoms with Crippen molar-refractivity contribution in [2.24, 2.45) is 0 Å². The van der Waals surface area contributed by atoms with Crippen LogP contribution in [0.4, 0.5) is 5.69 Å². The number of furan rings is 1. The molecule has 5 rings (SSSR count). The highest BCUT2D eigenvalue weighted by atomic mass is 35.5. The van der Waals surface area contributed by atoms with Crippen LogP contribution in [0, 0.1) is 0 Å². The zero-order chi connectivity index (χ0) is 23.7. The van der Waals surface area contributed by atoms with Crippen LogP contribution < -0.4 is 19.5 Å². The molecule has 1 aliphatic rings. The average molecular weight is 478 g/mol. The Balaban J connectivity index is 1.44. The molecule has 3 aromatic carbocycles. The molecule has 0 atom stereocenters. The second kappa shape index (κ2) is 9.11. The van der Waals surface area contributed by atoms with E-state index in [4.69, 9.17) is 30.2 Å². The summed E-state index contributed by atoms with van der Waals surface area (Å²) in [5, 5.41) is 4.12. The summed E-state index contributed by atoms with van der Waals surface area (Å²) >= 11 is 6.21. The number of fused-ring (bicyclic) bond motifs is 2. The van der Waals surface area contributed by atoms with Gasteiger partial charge in [-0.15, -0.1) is 0 Å². The number of benzene rings is 3. The maximum Gasteiger partial charge on any atom is 0.230 e. The van der Waals surface area contributed by atoms with E-state index in [1.807, 2.05) is 18.2 Å². The number of carbonyl (C=O) groups is 2. The number of anilines is 1. The Morgan fingerprint density at radius 2 is 1.74 bits per heavy atom. The van der Waals surface area contributed by atoms with Crippen LogP contribution in [0.5, 0.6) is 17.2 Å². The molecule has 1 N–H and O–H groups in total. The van der Waals surface area contributed by atoms with Crippen molar-refractivity contribution in [1.82, 2.24) is 0 Å². The van der Waals surface area contributed by atoms with E-state index in [0.29, 0.717) is 63.3 Å². The number of para-hydroxylation sites is 1. The molecule has 4 aromatic rings. The molecular formula is C26H20ClNO6. The fraction of sp³-hybridized carbons (Fsp3) is 0.154. The van der Waals surface area contributed by atoms with Crippen molar-refractivity contribution in [3.63, 3.8) is 0 Å². The average Bonchev–Trinajstić information content (AvgIpc) is 3.25. The molecule has 0 radical (unpaired) electrons. The van der Waals surface area contributed by atoms with Crippen LogP contribution in [0.1, 0.15) is 26.5 Å². The molecule has 1 aliphatic heterocycles. The summed E-state index contributed by atoms with van der Waals surface area (Å²) in [6.07, 6.45) is 0. The molecule has 0 amide bonds. The minimum Gasteiger partial charge on any atom is -0.495 e. The molecule has 2 heterocycles. The lowest BCUT2D eigenvalue weighted by Crippen LogP contribution is -2.18. The van der Waals surface area contributed by atoms with Gasteiger partial charge in [0, 0.05) is 16.5 Å². The maximum atomic E-state index is 13.3. The smallest absolute Gasteiger partial charge is 0.230 e. The third kappa shape index (κ3) is 4.06. The Hall–Kier alpha value is -3.97. The van der Waals surface area contributed by atoms with Gasteiger partial charge < -0.3 is 23.9 Å². The minimum atomic E-state index is -0.366. The van der Waals surface area contributed by atoms with Gasteiger partial charge in [-0.05, 0) is 48.5 Å². The van der Waals surface area contributed by atoms with Crippen LogP contribution >= 0.6 is 11.6 Å². The van der Waals surface area contributed by atoms with E-state index in [1.165, 1.54) is 13.2 Å². The molecule has 0 saturated heterocycles. The largest absolute Gasteiger partial charge is 0.495 e. The number of rotatable bonds is 7. The second-order valence-corrected chi connectivity index (χ2v) is 8.02. The van der Waals surface area contributed by atoms with E-state index >= 15 is 0 Å². The van der Waals surface area contributed by atoms with Crippen LogP contribution in [0.25, 0.3) is 11.0 Å². The molecule has 8 heteroatoms. The number of nitrogens with one attached hydrogen (secondary N) is 1. The highest BCUT2D eigenvalue weighted by Gasteiger charge is 2.23. The molecule has 0 bridgehead atoms. The Morgan fingerprint density at radius 1 is 0.971 bits per heavy atom. The molecule has 0 saturated carbocycles. The van der Waals surface area contributed by atoms with Crippen LogP contribution in [0.15, 0.2) is 65.1 Å². The zero-order valence-corrected chi connectivity index (χ0v) is 19.0. The van der Waals surface area contributed by atoms with Gasteiger partial charge >= 0.3 is 0 Å². The molecule has 1 aromatic heterocycles. The fourth-order valence-corrected chi connectivity index (χ4v) is 4.06. The summed E-state index contributed by atoms with van der Waals surface area (Å²) in [5.74, 6) is 1.17. The van der Waals surface area contributed by atoms with Crippen molar-refractivity contribution < 1.29 is 28.2 Å². The van der Waals surface area contributed by atoms with Gasteiger partial charge in [0.25, 0.3) is 0 Å². The van der Waals surface area contributed by atoms with Gasteiger partial charge in [-0.3, -0.25) is 9.59 Å². The molecular weight excluding hydrogens is 458 g/mol. The predicted octanol–water partition coefficient (Wildman–Crippen LogP) is 5.39. The van der Waals surface area contributed by atoms with Gasteiger partial charge in [-0.25, -0.2) is 0 Å². The van der Waals surface area contributed by atoms with E-state index in [0.717, 1.165) is 0 Å². The minimum absolute atomic E-state index is 0.0488. The van der Waals surface area contributed by atoms with E-state index in [2.05, 4.69) is 5.32 Å². The summed E-state index contributed by atoms with van der Waals surface area (Å²) in [6.45, 7) is 0.864. The molecule has 0 aliphatic carbocycles. The topological polar surface area (TPSA) is 87.0 Å². The quantitative estimate of drug-likeness (QED) is 0.357. The lowest BCUT2D eigenvalue weighted by atomic mass is 10.1. The number of ether oxygens (including phenoxy) is 3. The SMILES string of the molecule is COc1ccc(C(=O)c2oc3ccccc3c2NCC(=O)c2ccc3c(c2)OCCO3)cc1Cl. The monoisotopic (exact) mass is 477 g/mol. The van der Waals surface area contributed by atoms with Gasteiger partial charge in [0.2, 0.25) is 5.78 Å². The van der Waals surface area contributed by atoms with Crippen LogP contribution in [0.3, 0.4) is 0 Å². The summed E-state index contributed by atoms with van der Waals surface area (Å²) in [7, 11) is 1.50. The molecule has 0 unspecified atom stereocenters. The third-order valence-corrected chi connectivity index (χ3v) is 5.80. The van der Waals surface area contributed by atoms with Crippen LogP contribution in [-0.4, -0.2) is 38.4 Å². The van der Waals surface area contributed by atoms with Crippen molar-refractivity contribution in [3.8, 4) is 17.2 Å². The molecule has 0 spiro atoms. The number of ketones is 2. The number of methoxy groups -OCH3 is 1. The highest BCUT2D eigenvalue weighted by molar-refractivity contribution is 6.32. The third-order valence-electron chi connectivity index (χ3n) is 5.51.